The zero-order chi connectivity index (χ0) is 24.5. The molecule has 4 nitrogen and oxygen atoms in total. The highest BCUT2D eigenvalue weighted by Crippen LogP contribution is 2.44. The van der Waals surface area contributed by atoms with Gasteiger partial charge in [0.2, 0.25) is 5.78 Å². The Bertz CT molecular complexity index is 1550. The lowest BCUT2D eigenvalue weighted by Gasteiger charge is -2.05. The number of nitrogens with zero attached hydrogens (tertiary/aromatic N) is 1. The molecule has 2 aromatic carbocycles. The molecule has 35 heavy (non-hydrogen) atoms. The summed E-state index contributed by atoms with van der Waals surface area (Å²) in [6.07, 6.45) is 1.96. The molecule has 0 N–H and O–H groups in total. The maximum absolute atomic E-state index is 13.7. The van der Waals surface area contributed by atoms with E-state index in [2.05, 4.69) is 12.1 Å². The van der Waals surface area contributed by atoms with Crippen molar-refractivity contribution in [2.45, 2.75) is 23.8 Å². The highest BCUT2D eigenvalue weighted by Gasteiger charge is 2.29. The number of hydrogen-bond donors (Lipinski definition) is 0. The molecule has 0 amide bonds. The lowest BCUT2D eigenvalue weighted by atomic mass is 10.1. The van der Waals surface area contributed by atoms with E-state index in [9.17, 15) is 9.59 Å². The molecule has 0 saturated carbocycles. The Labute approximate surface area is 216 Å². The van der Waals surface area contributed by atoms with Gasteiger partial charge in [-0.15, -0.1) is 23.1 Å². The van der Waals surface area contributed by atoms with E-state index < -0.39 is 5.97 Å². The summed E-state index contributed by atoms with van der Waals surface area (Å²) in [6.45, 7) is 4.02. The minimum absolute atomic E-state index is 0.138. The molecule has 3 heterocycles. The van der Waals surface area contributed by atoms with Gasteiger partial charge in [0.25, 0.3) is 0 Å². The van der Waals surface area contributed by atoms with Crippen molar-refractivity contribution in [3.63, 3.8) is 0 Å². The first-order chi connectivity index (χ1) is 17.0. The number of hydrogen-bond acceptors (Lipinski definition) is 5. The highest BCUT2D eigenvalue weighted by molar-refractivity contribution is 8.00. The van der Waals surface area contributed by atoms with Crippen molar-refractivity contribution in [1.82, 2.24) is 4.40 Å². The van der Waals surface area contributed by atoms with E-state index in [-0.39, 0.29) is 12.4 Å². The van der Waals surface area contributed by atoms with Crippen LogP contribution < -0.4 is 0 Å². The number of pyridine rings is 1. The molecule has 0 aliphatic carbocycles. The summed E-state index contributed by atoms with van der Waals surface area (Å²) in [7, 11) is 0. The second-order valence-corrected chi connectivity index (χ2v) is 10.8. The van der Waals surface area contributed by atoms with Crippen LogP contribution in [0.1, 0.15) is 43.6 Å². The monoisotopic (exact) mass is 519 g/mol. The maximum atomic E-state index is 13.7. The molecule has 0 fully saturated rings. The van der Waals surface area contributed by atoms with E-state index in [1.54, 1.807) is 43.0 Å². The first-order valence-corrected chi connectivity index (χ1v) is 13.4. The Morgan fingerprint density at radius 2 is 1.80 bits per heavy atom. The van der Waals surface area contributed by atoms with Gasteiger partial charge in [0.05, 0.1) is 32.3 Å². The third kappa shape index (κ3) is 4.49. The number of rotatable bonds is 7. The average molecular weight is 520 g/mol. The number of benzene rings is 2. The number of thioether (sulfide) groups is 1. The number of carbonyl (C=O) groups excluding carboxylic acids is 2. The van der Waals surface area contributed by atoms with Crippen LogP contribution >= 0.6 is 34.7 Å². The van der Waals surface area contributed by atoms with Gasteiger partial charge in [-0.1, -0.05) is 41.9 Å². The van der Waals surface area contributed by atoms with Gasteiger partial charge >= 0.3 is 5.97 Å². The van der Waals surface area contributed by atoms with E-state index >= 15 is 0 Å². The molecular formula is C28H22ClNO3S2. The molecule has 0 unspecified atom stereocenters. The quantitative estimate of drug-likeness (QED) is 0.125. The van der Waals surface area contributed by atoms with Crippen molar-refractivity contribution in [2.24, 2.45) is 0 Å². The minimum atomic E-state index is -0.423. The van der Waals surface area contributed by atoms with Gasteiger partial charge in [-0.3, -0.25) is 4.79 Å². The van der Waals surface area contributed by atoms with Crippen molar-refractivity contribution < 1.29 is 14.3 Å². The van der Waals surface area contributed by atoms with Crippen LogP contribution in [0, 0.1) is 6.92 Å². The molecule has 0 atom stereocenters. The Morgan fingerprint density at radius 1 is 1.06 bits per heavy atom. The standard InChI is InChI=1S/C28H22ClNO3S2/c1-3-33-27(32)22-21-15-17(2)13-14-30(21)24-23(22)26(25(31)19-9-11-20(29)12-10-19)35-28(24)34-16-18-7-5-4-6-8-18/h4-15H,3,16H2,1-2H3. The third-order valence-corrected chi connectivity index (χ3v) is 8.48. The Kier molecular flexibility index (Phi) is 6.69. The second kappa shape index (κ2) is 9.90. The lowest BCUT2D eigenvalue weighted by Crippen LogP contribution is -2.06. The molecular weight excluding hydrogens is 498 g/mol. The summed E-state index contributed by atoms with van der Waals surface area (Å²) in [6, 6.07) is 21.0. The number of fused-ring (bicyclic) bond motifs is 3. The zero-order valence-electron chi connectivity index (χ0n) is 19.2. The Morgan fingerprint density at radius 3 is 2.51 bits per heavy atom. The molecule has 0 aliphatic heterocycles. The minimum Gasteiger partial charge on any atom is -0.462 e. The number of carbonyl (C=O) groups is 2. The van der Waals surface area contributed by atoms with E-state index in [0.717, 1.165) is 26.6 Å². The first kappa shape index (κ1) is 23.7. The number of halogens is 1. The van der Waals surface area contributed by atoms with Crippen LogP contribution in [0.15, 0.2) is 77.1 Å². The first-order valence-electron chi connectivity index (χ1n) is 11.2. The van der Waals surface area contributed by atoms with Gasteiger partial charge < -0.3 is 9.14 Å². The summed E-state index contributed by atoms with van der Waals surface area (Å²) < 4.78 is 8.45. The van der Waals surface area contributed by atoms with E-state index in [4.69, 9.17) is 16.3 Å². The molecule has 0 saturated heterocycles. The van der Waals surface area contributed by atoms with Crippen LogP contribution in [-0.2, 0) is 10.5 Å². The molecule has 5 aromatic rings. The maximum Gasteiger partial charge on any atom is 0.341 e. The molecule has 7 heteroatoms. The van der Waals surface area contributed by atoms with Gasteiger partial charge in [-0.25, -0.2) is 4.79 Å². The summed E-state index contributed by atoms with van der Waals surface area (Å²) in [5, 5.41) is 1.21. The summed E-state index contributed by atoms with van der Waals surface area (Å²) in [4.78, 5) is 27.5. The fraction of sp³-hybridized carbons (Fsp3) is 0.143. The van der Waals surface area contributed by atoms with Crippen molar-refractivity contribution >= 4 is 62.9 Å². The van der Waals surface area contributed by atoms with Gasteiger partial charge in [0.1, 0.15) is 0 Å². The van der Waals surface area contributed by atoms with Crippen LogP contribution in [0.25, 0.3) is 16.4 Å². The number of thiophene rings is 1. The second-order valence-electron chi connectivity index (χ2n) is 8.11. The number of aryl methyl sites for hydroxylation is 1. The fourth-order valence-electron chi connectivity index (χ4n) is 4.10. The number of esters is 1. The van der Waals surface area contributed by atoms with Gasteiger partial charge in [0.15, 0.2) is 0 Å². The molecule has 0 radical (unpaired) electrons. The molecule has 0 bridgehead atoms. The van der Waals surface area contributed by atoms with Gasteiger partial charge in [-0.05, 0) is 61.4 Å². The molecule has 5 rings (SSSR count). The SMILES string of the molecule is CCOC(=O)c1c2c(C(=O)c3ccc(Cl)cc3)sc(SCc3ccccc3)c2n2ccc(C)cc12. The predicted octanol–water partition coefficient (Wildman–Crippen LogP) is 7.82. The van der Waals surface area contributed by atoms with Crippen molar-refractivity contribution in [2.75, 3.05) is 6.61 Å². The zero-order valence-corrected chi connectivity index (χ0v) is 21.6. The molecule has 3 aromatic heterocycles. The van der Waals surface area contributed by atoms with Gasteiger partial charge in [-0.2, -0.15) is 0 Å². The molecule has 176 valence electrons. The van der Waals surface area contributed by atoms with Crippen LogP contribution in [0.3, 0.4) is 0 Å². The normalized spacial score (nSPS) is 11.3. The average Bonchev–Trinajstić information content (AvgIpc) is 3.38. The summed E-state index contributed by atoms with van der Waals surface area (Å²) in [5.41, 5.74) is 4.78. The molecule has 0 spiro atoms. The Balaban J connectivity index is 1.76. The number of ether oxygens (including phenoxy) is 1. The lowest BCUT2D eigenvalue weighted by molar-refractivity contribution is 0.0531. The number of ketones is 1. The van der Waals surface area contributed by atoms with Gasteiger partial charge in [0, 0.05) is 27.9 Å². The molecule has 0 aliphatic rings. The smallest absolute Gasteiger partial charge is 0.341 e. The van der Waals surface area contributed by atoms with Crippen molar-refractivity contribution in [3.05, 3.63) is 105 Å². The summed E-state index contributed by atoms with van der Waals surface area (Å²) in [5.74, 6) is 0.188. The predicted molar refractivity (Wildman–Crippen MR) is 144 cm³/mol. The van der Waals surface area contributed by atoms with Crippen LogP contribution in [-0.4, -0.2) is 22.8 Å². The van der Waals surface area contributed by atoms with Crippen molar-refractivity contribution in [3.8, 4) is 0 Å². The Hall–Kier alpha value is -3.06. The van der Waals surface area contributed by atoms with E-state index in [1.165, 1.54) is 16.9 Å². The highest BCUT2D eigenvalue weighted by atomic mass is 35.5. The summed E-state index contributed by atoms with van der Waals surface area (Å²) >= 11 is 9.15. The topological polar surface area (TPSA) is 47.8 Å². The third-order valence-electron chi connectivity index (χ3n) is 5.71. The van der Waals surface area contributed by atoms with Crippen molar-refractivity contribution in [1.29, 1.82) is 0 Å². The fourth-order valence-corrected chi connectivity index (χ4v) is 6.71. The van der Waals surface area contributed by atoms with E-state index in [1.807, 2.05) is 47.9 Å². The largest absolute Gasteiger partial charge is 0.462 e. The van der Waals surface area contributed by atoms with Crippen LogP contribution in [0.5, 0.6) is 0 Å². The number of aromatic nitrogens is 1. The van der Waals surface area contributed by atoms with E-state index in [0.29, 0.717) is 26.4 Å². The van der Waals surface area contributed by atoms with Crippen LogP contribution in [0.4, 0.5) is 0 Å². The van der Waals surface area contributed by atoms with Crippen LogP contribution in [0.2, 0.25) is 5.02 Å².